The standard InChI is InChI=1S/C16H20N4O2/c1-16(2,3)15-13-10-17-9-8-14(13)19(18-15)11-4-6-12(7-5-11)20(21)22/h4-7,17H,8-10H2,1-3H3. The molecule has 1 aromatic heterocycles. The van der Waals surface area contributed by atoms with Gasteiger partial charge in [-0.1, -0.05) is 20.8 Å². The second kappa shape index (κ2) is 5.21. The molecule has 0 saturated heterocycles. The Labute approximate surface area is 129 Å². The topological polar surface area (TPSA) is 73.0 Å². The highest BCUT2D eigenvalue weighted by molar-refractivity contribution is 5.44. The average molecular weight is 300 g/mol. The summed E-state index contributed by atoms with van der Waals surface area (Å²) in [4.78, 5) is 10.4. The minimum atomic E-state index is -0.382. The van der Waals surface area contributed by atoms with E-state index in [-0.39, 0.29) is 16.0 Å². The van der Waals surface area contributed by atoms with Crippen LogP contribution >= 0.6 is 0 Å². The monoisotopic (exact) mass is 300 g/mol. The van der Waals surface area contributed by atoms with Gasteiger partial charge in [0.05, 0.1) is 22.0 Å². The number of benzene rings is 1. The summed E-state index contributed by atoms with van der Waals surface area (Å²) in [5.74, 6) is 0. The summed E-state index contributed by atoms with van der Waals surface area (Å²) in [6.07, 6.45) is 0.912. The molecular formula is C16H20N4O2. The lowest BCUT2D eigenvalue weighted by Gasteiger charge is -2.20. The molecule has 1 aliphatic heterocycles. The molecule has 116 valence electrons. The Bertz CT molecular complexity index is 711. The van der Waals surface area contributed by atoms with Crippen LogP contribution in [0.1, 0.15) is 37.7 Å². The van der Waals surface area contributed by atoms with Gasteiger partial charge in [-0.15, -0.1) is 0 Å². The lowest BCUT2D eigenvalue weighted by molar-refractivity contribution is -0.384. The highest BCUT2D eigenvalue weighted by Crippen LogP contribution is 2.30. The maximum absolute atomic E-state index is 10.8. The Morgan fingerprint density at radius 1 is 1.27 bits per heavy atom. The Hall–Kier alpha value is -2.21. The second-order valence-electron chi connectivity index (χ2n) is 6.64. The van der Waals surface area contributed by atoms with E-state index in [1.807, 2.05) is 4.68 Å². The van der Waals surface area contributed by atoms with Crippen LogP contribution in [0.2, 0.25) is 0 Å². The van der Waals surface area contributed by atoms with Gasteiger partial charge in [-0.2, -0.15) is 5.10 Å². The van der Waals surface area contributed by atoms with Gasteiger partial charge in [-0.3, -0.25) is 10.1 Å². The average Bonchev–Trinajstić information content (AvgIpc) is 2.87. The number of aromatic nitrogens is 2. The van der Waals surface area contributed by atoms with Gasteiger partial charge in [0.25, 0.3) is 5.69 Å². The molecule has 0 unspecified atom stereocenters. The van der Waals surface area contributed by atoms with Crippen molar-refractivity contribution in [3.05, 3.63) is 51.3 Å². The van der Waals surface area contributed by atoms with E-state index in [0.717, 1.165) is 30.9 Å². The molecule has 2 aromatic rings. The zero-order valence-corrected chi connectivity index (χ0v) is 13.1. The molecule has 6 heteroatoms. The molecule has 0 aliphatic carbocycles. The molecule has 0 amide bonds. The first-order chi connectivity index (χ1) is 10.4. The van der Waals surface area contributed by atoms with Gasteiger partial charge in [0.15, 0.2) is 0 Å². The summed E-state index contributed by atoms with van der Waals surface area (Å²) in [5, 5.41) is 19.0. The Kier molecular flexibility index (Phi) is 3.48. The third-order valence-electron chi connectivity index (χ3n) is 3.95. The van der Waals surface area contributed by atoms with E-state index in [2.05, 4.69) is 26.1 Å². The van der Waals surface area contributed by atoms with Crippen molar-refractivity contribution >= 4 is 5.69 Å². The van der Waals surface area contributed by atoms with Crippen molar-refractivity contribution in [1.29, 1.82) is 0 Å². The predicted octanol–water partition coefficient (Wildman–Crippen LogP) is 2.72. The summed E-state index contributed by atoms with van der Waals surface area (Å²) < 4.78 is 1.94. The van der Waals surface area contributed by atoms with Crippen LogP contribution in [0.25, 0.3) is 5.69 Å². The van der Waals surface area contributed by atoms with Crippen LogP contribution in [0.15, 0.2) is 24.3 Å². The van der Waals surface area contributed by atoms with Crippen LogP contribution in [-0.4, -0.2) is 21.2 Å². The summed E-state index contributed by atoms with van der Waals surface area (Å²) in [5.41, 5.74) is 4.50. The van der Waals surface area contributed by atoms with Crippen molar-refractivity contribution < 1.29 is 4.92 Å². The molecule has 0 atom stereocenters. The van der Waals surface area contributed by atoms with Crippen LogP contribution in [0.4, 0.5) is 5.69 Å². The number of fused-ring (bicyclic) bond motifs is 1. The fourth-order valence-corrected chi connectivity index (χ4v) is 2.88. The fourth-order valence-electron chi connectivity index (χ4n) is 2.88. The first kappa shape index (κ1) is 14.7. The smallest absolute Gasteiger partial charge is 0.269 e. The van der Waals surface area contributed by atoms with Crippen LogP contribution in [0.5, 0.6) is 0 Å². The lowest BCUT2D eigenvalue weighted by atomic mass is 9.88. The molecule has 3 rings (SSSR count). The molecule has 0 fully saturated rings. The normalized spacial score (nSPS) is 14.7. The SMILES string of the molecule is CC(C)(C)c1nn(-c2ccc([N+](=O)[O-])cc2)c2c1CNCC2. The van der Waals surface area contributed by atoms with Crippen LogP contribution in [-0.2, 0) is 18.4 Å². The van der Waals surface area contributed by atoms with Crippen LogP contribution in [0, 0.1) is 10.1 Å². The van der Waals surface area contributed by atoms with Crippen molar-refractivity contribution in [2.45, 2.75) is 39.2 Å². The number of nitro groups is 1. The summed E-state index contributed by atoms with van der Waals surface area (Å²) >= 11 is 0. The molecule has 2 heterocycles. The van der Waals surface area contributed by atoms with E-state index in [9.17, 15) is 10.1 Å². The fraction of sp³-hybridized carbons (Fsp3) is 0.438. The molecule has 0 radical (unpaired) electrons. The molecule has 0 saturated carbocycles. The molecule has 22 heavy (non-hydrogen) atoms. The van der Waals surface area contributed by atoms with Gasteiger partial charge in [0, 0.05) is 42.6 Å². The Morgan fingerprint density at radius 2 is 1.95 bits per heavy atom. The molecule has 0 spiro atoms. The first-order valence-corrected chi connectivity index (χ1v) is 7.45. The quantitative estimate of drug-likeness (QED) is 0.683. The van der Waals surface area contributed by atoms with E-state index in [0.29, 0.717) is 0 Å². The maximum Gasteiger partial charge on any atom is 0.269 e. The maximum atomic E-state index is 10.8. The van der Waals surface area contributed by atoms with E-state index in [1.54, 1.807) is 12.1 Å². The zero-order chi connectivity index (χ0) is 15.9. The minimum absolute atomic E-state index is 0.0326. The Balaban J connectivity index is 2.11. The number of rotatable bonds is 2. The summed E-state index contributed by atoms with van der Waals surface area (Å²) in [6.45, 7) is 8.23. The van der Waals surface area contributed by atoms with Gasteiger partial charge in [0.2, 0.25) is 0 Å². The van der Waals surface area contributed by atoms with Gasteiger partial charge in [-0.25, -0.2) is 4.68 Å². The molecule has 0 bridgehead atoms. The summed E-state index contributed by atoms with van der Waals surface area (Å²) in [7, 11) is 0. The Morgan fingerprint density at radius 3 is 2.55 bits per heavy atom. The van der Waals surface area contributed by atoms with Crippen LogP contribution < -0.4 is 5.32 Å². The number of non-ortho nitro benzene ring substituents is 1. The van der Waals surface area contributed by atoms with E-state index < -0.39 is 0 Å². The number of hydrogen-bond acceptors (Lipinski definition) is 4. The number of nitrogens with zero attached hydrogens (tertiary/aromatic N) is 3. The largest absolute Gasteiger partial charge is 0.312 e. The van der Waals surface area contributed by atoms with E-state index in [1.165, 1.54) is 23.4 Å². The van der Waals surface area contributed by atoms with Crippen molar-refractivity contribution in [1.82, 2.24) is 15.1 Å². The highest BCUT2D eigenvalue weighted by atomic mass is 16.6. The van der Waals surface area contributed by atoms with Gasteiger partial charge in [-0.05, 0) is 12.1 Å². The predicted molar refractivity (Wildman–Crippen MR) is 84.3 cm³/mol. The van der Waals surface area contributed by atoms with E-state index >= 15 is 0 Å². The molecule has 1 aliphatic rings. The van der Waals surface area contributed by atoms with Gasteiger partial charge < -0.3 is 5.32 Å². The third-order valence-corrected chi connectivity index (χ3v) is 3.95. The van der Waals surface area contributed by atoms with Gasteiger partial charge >= 0.3 is 0 Å². The molecule has 1 aromatic carbocycles. The van der Waals surface area contributed by atoms with Crippen molar-refractivity contribution in [2.24, 2.45) is 0 Å². The number of nitro benzene ring substituents is 1. The minimum Gasteiger partial charge on any atom is -0.312 e. The first-order valence-electron chi connectivity index (χ1n) is 7.45. The molecular weight excluding hydrogens is 280 g/mol. The molecule has 6 nitrogen and oxygen atoms in total. The number of nitrogens with one attached hydrogen (secondary N) is 1. The lowest BCUT2D eigenvalue weighted by Crippen LogP contribution is -2.26. The van der Waals surface area contributed by atoms with Crippen LogP contribution in [0.3, 0.4) is 0 Å². The summed E-state index contributed by atoms with van der Waals surface area (Å²) in [6, 6.07) is 6.59. The van der Waals surface area contributed by atoms with Gasteiger partial charge in [0.1, 0.15) is 0 Å². The van der Waals surface area contributed by atoms with E-state index in [4.69, 9.17) is 5.10 Å². The van der Waals surface area contributed by atoms with Crippen molar-refractivity contribution in [3.63, 3.8) is 0 Å². The highest BCUT2D eigenvalue weighted by Gasteiger charge is 2.28. The molecule has 1 N–H and O–H groups in total. The zero-order valence-electron chi connectivity index (χ0n) is 13.1. The van der Waals surface area contributed by atoms with Crippen molar-refractivity contribution in [3.8, 4) is 5.69 Å². The second-order valence-corrected chi connectivity index (χ2v) is 6.64. The third kappa shape index (κ3) is 2.50. The number of hydrogen-bond donors (Lipinski definition) is 1. The van der Waals surface area contributed by atoms with Crippen molar-refractivity contribution in [2.75, 3.05) is 6.54 Å².